The van der Waals surface area contributed by atoms with Crippen molar-refractivity contribution in [3.63, 3.8) is 0 Å². The summed E-state index contributed by atoms with van der Waals surface area (Å²) < 4.78 is 44.7. The van der Waals surface area contributed by atoms with Gasteiger partial charge in [0.25, 0.3) is 0 Å². The molecule has 110 valence electrons. The molecule has 1 aliphatic heterocycles. The van der Waals surface area contributed by atoms with Gasteiger partial charge in [-0.1, -0.05) is 28.1 Å². The lowest BCUT2D eigenvalue weighted by Gasteiger charge is -2.28. The molecule has 0 amide bonds. The molecule has 1 atom stereocenters. The van der Waals surface area contributed by atoms with Crippen LogP contribution < -0.4 is 10.1 Å². The van der Waals surface area contributed by atoms with Gasteiger partial charge >= 0.3 is 6.18 Å². The highest BCUT2D eigenvalue weighted by molar-refractivity contribution is 9.10. The highest BCUT2D eigenvalue weighted by Gasteiger charge is 2.32. The summed E-state index contributed by atoms with van der Waals surface area (Å²) in [5.41, 5.74) is 0.661. The first-order valence-electron chi connectivity index (χ1n) is 6.31. The number of halogens is 4. The molecule has 0 spiro atoms. The van der Waals surface area contributed by atoms with E-state index in [0.717, 1.165) is 22.2 Å². The molecule has 0 radical (unpaired) electrons. The maximum absolute atomic E-state index is 12.7. The average Bonchev–Trinajstić information content (AvgIpc) is 2.46. The van der Waals surface area contributed by atoms with Gasteiger partial charge in [0.05, 0.1) is 17.8 Å². The third kappa shape index (κ3) is 3.00. The van der Waals surface area contributed by atoms with Crippen LogP contribution in [0.3, 0.4) is 0 Å². The number of fused-ring (bicyclic) bond motifs is 1. The van der Waals surface area contributed by atoms with Crippen molar-refractivity contribution in [3.05, 3.63) is 58.1 Å². The summed E-state index contributed by atoms with van der Waals surface area (Å²) >= 11 is 3.36. The second kappa shape index (κ2) is 5.26. The quantitative estimate of drug-likeness (QED) is 0.774. The largest absolute Gasteiger partial charge is 0.482 e. The van der Waals surface area contributed by atoms with Gasteiger partial charge in [0.2, 0.25) is 0 Å². The monoisotopic (exact) mass is 357 g/mol. The number of benzene rings is 2. The minimum absolute atomic E-state index is 0.220. The summed E-state index contributed by atoms with van der Waals surface area (Å²) in [5, 5.41) is 3.00. The van der Waals surface area contributed by atoms with Crippen LogP contribution in [0.25, 0.3) is 0 Å². The zero-order valence-corrected chi connectivity index (χ0v) is 12.3. The minimum Gasteiger partial charge on any atom is -0.482 e. The molecule has 0 saturated heterocycles. The third-order valence-electron chi connectivity index (χ3n) is 3.30. The van der Waals surface area contributed by atoms with Crippen molar-refractivity contribution >= 4 is 21.6 Å². The molecule has 6 heteroatoms. The van der Waals surface area contributed by atoms with Crippen molar-refractivity contribution < 1.29 is 17.9 Å². The van der Waals surface area contributed by atoms with Crippen LogP contribution in [0, 0.1) is 0 Å². The zero-order chi connectivity index (χ0) is 15.0. The molecule has 0 aliphatic carbocycles. The van der Waals surface area contributed by atoms with Gasteiger partial charge < -0.3 is 10.1 Å². The maximum Gasteiger partial charge on any atom is 0.416 e. The molecule has 2 nitrogen and oxygen atoms in total. The minimum atomic E-state index is -4.35. The van der Waals surface area contributed by atoms with Crippen LogP contribution in [0.15, 0.2) is 46.9 Å². The SMILES string of the molecule is FC(F)(F)c1ccc2c(c1)NCC(c1ccc(Br)cc1)O2. The lowest BCUT2D eigenvalue weighted by Crippen LogP contribution is -2.24. The van der Waals surface area contributed by atoms with E-state index in [2.05, 4.69) is 21.2 Å². The van der Waals surface area contributed by atoms with Gasteiger partial charge in [0, 0.05) is 4.47 Å². The Morgan fingerprint density at radius 3 is 2.48 bits per heavy atom. The molecule has 2 aromatic rings. The molecule has 3 rings (SSSR count). The van der Waals surface area contributed by atoms with E-state index in [0.29, 0.717) is 18.0 Å². The van der Waals surface area contributed by atoms with Crippen molar-refractivity contribution in [2.24, 2.45) is 0 Å². The van der Waals surface area contributed by atoms with Gasteiger partial charge in [-0.05, 0) is 35.9 Å². The Kier molecular flexibility index (Phi) is 3.57. The van der Waals surface area contributed by atoms with Crippen molar-refractivity contribution in [1.29, 1.82) is 0 Å². The van der Waals surface area contributed by atoms with Gasteiger partial charge in [0.1, 0.15) is 11.9 Å². The molecule has 21 heavy (non-hydrogen) atoms. The van der Waals surface area contributed by atoms with Crippen LogP contribution in [-0.2, 0) is 6.18 Å². The average molecular weight is 358 g/mol. The van der Waals surface area contributed by atoms with Crippen LogP contribution >= 0.6 is 15.9 Å². The summed E-state index contributed by atoms with van der Waals surface area (Å²) in [5.74, 6) is 0.433. The van der Waals surface area contributed by atoms with E-state index in [1.807, 2.05) is 24.3 Å². The Morgan fingerprint density at radius 2 is 1.81 bits per heavy atom. The van der Waals surface area contributed by atoms with Crippen LogP contribution in [0.4, 0.5) is 18.9 Å². The van der Waals surface area contributed by atoms with E-state index in [9.17, 15) is 13.2 Å². The maximum atomic E-state index is 12.7. The number of nitrogens with one attached hydrogen (secondary N) is 1. The molecule has 1 unspecified atom stereocenters. The first-order valence-corrected chi connectivity index (χ1v) is 7.10. The Labute approximate surface area is 128 Å². The molecule has 0 fully saturated rings. The molecule has 1 aliphatic rings. The Morgan fingerprint density at radius 1 is 1.10 bits per heavy atom. The summed E-state index contributed by atoms with van der Waals surface area (Å²) in [6.45, 7) is 0.427. The fourth-order valence-corrected chi connectivity index (χ4v) is 2.47. The number of rotatable bonds is 1. The predicted octanol–water partition coefficient (Wildman–Crippen LogP) is 5.01. The summed E-state index contributed by atoms with van der Waals surface area (Å²) in [7, 11) is 0. The molecule has 0 saturated carbocycles. The van der Waals surface area contributed by atoms with Crippen LogP contribution in [0.2, 0.25) is 0 Å². The number of hydrogen-bond donors (Lipinski definition) is 1. The summed E-state index contributed by atoms with van der Waals surface area (Å²) in [6.07, 6.45) is -4.57. The van der Waals surface area contributed by atoms with Gasteiger partial charge in [-0.15, -0.1) is 0 Å². The number of ether oxygens (including phenoxy) is 1. The molecule has 0 aromatic heterocycles. The van der Waals surface area contributed by atoms with E-state index >= 15 is 0 Å². The van der Waals surface area contributed by atoms with Gasteiger partial charge in [-0.25, -0.2) is 0 Å². The summed E-state index contributed by atoms with van der Waals surface area (Å²) in [6, 6.07) is 11.1. The van der Waals surface area contributed by atoms with Crippen molar-refractivity contribution in [2.45, 2.75) is 12.3 Å². The number of alkyl halides is 3. The zero-order valence-electron chi connectivity index (χ0n) is 10.7. The molecule has 1 N–H and O–H groups in total. The fraction of sp³-hybridized carbons (Fsp3) is 0.200. The van der Waals surface area contributed by atoms with Gasteiger partial charge in [-0.2, -0.15) is 13.2 Å². The first-order chi connectivity index (χ1) is 9.93. The highest BCUT2D eigenvalue weighted by Crippen LogP contribution is 2.39. The molecule has 2 aromatic carbocycles. The molecule has 1 heterocycles. The topological polar surface area (TPSA) is 21.3 Å². The lowest BCUT2D eigenvalue weighted by molar-refractivity contribution is -0.137. The van der Waals surface area contributed by atoms with E-state index in [1.165, 1.54) is 6.07 Å². The number of anilines is 1. The smallest absolute Gasteiger partial charge is 0.416 e. The third-order valence-corrected chi connectivity index (χ3v) is 3.82. The van der Waals surface area contributed by atoms with Crippen molar-refractivity contribution in [1.82, 2.24) is 0 Å². The van der Waals surface area contributed by atoms with E-state index in [-0.39, 0.29) is 6.10 Å². The number of hydrogen-bond acceptors (Lipinski definition) is 2. The van der Waals surface area contributed by atoms with Crippen LogP contribution in [0.5, 0.6) is 5.75 Å². The fourth-order valence-electron chi connectivity index (χ4n) is 2.21. The summed E-state index contributed by atoms with van der Waals surface area (Å²) in [4.78, 5) is 0. The van der Waals surface area contributed by atoms with E-state index in [4.69, 9.17) is 4.74 Å². The van der Waals surface area contributed by atoms with Crippen molar-refractivity contribution in [2.75, 3.05) is 11.9 Å². The predicted molar refractivity (Wildman–Crippen MR) is 77.4 cm³/mol. The Hall–Kier alpha value is -1.69. The lowest BCUT2D eigenvalue weighted by atomic mass is 10.1. The highest BCUT2D eigenvalue weighted by atomic mass is 79.9. The van der Waals surface area contributed by atoms with Crippen LogP contribution in [0.1, 0.15) is 17.2 Å². The Balaban J connectivity index is 1.85. The van der Waals surface area contributed by atoms with E-state index in [1.54, 1.807) is 0 Å². The molecule has 0 bridgehead atoms. The van der Waals surface area contributed by atoms with E-state index < -0.39 is 11.7 Å². The van der Waals surface area contributed by atoms with Gasteiger partial charge in [0.15, 0.2) is 0 Å². The van der Waals surface area contributed by atoms with Gasteiger partial charge in [-0.3, -0.25) is 0 Å². The normalized spacial score (nSPS) is 17.6. The van der Waals surface area contributed by atoms with Crippen molar-refractivity contribution in [3.8, 4) is 5.75 Å². The van der Waals surface area contributed by atoms with Crippen LogP contribution in [-0.4, -0.2) is 6.54 Å². The standard InChI is InChI=1S/C15H11BrF3NO/c16-11-4-1-9(2-5-11)14-8-20-12-7-10(15(17,18)19)3-6-13(12)21-14/h1-7,14,20H,8H2. The molecular formula is C15H11BrF3NO. The molecular weight excluding hydrogens is 347 g/mol. The first kappa shape index (κ1) is 14.3. The second-order valence-corrected chi connectivity index (χ2v) is 5.66. The Bertz CT molecular complexity index is 655. The second-order valence-electron chi connectivity index (χ2n) is 4.75.